The Hall–Kier alpha value is -4.08. The van der Waals surface area contributed by atoms with E-state index in [-0.39, 0.29) is 11.3 Å². The molecule has 1 atom stereocenters. The first-order valence-electron chi connectivity index (χ1n) is 14.3. The molecular weight excluding hydrogens is 588 g/mol. The predicted molar refractivity (Wildman–Crippen MR) is 170 cm³/mol. The Balaban J connectivity index is 1.65. The zero-order valence-corrected chi connectivity index (χ0v) is 25.8. The molecule has 10 heteroatoms. The number of halogens is 1. The number of ketones is 1. The van der Waals surface area contributed by atoms with E-state index < -0.39 is 17.7 Å². The molecule has 1 amide bonds. The van der Waals surface area contributed by atoms with Crippen molar-refractivity contribution in [3.05, 3.63) is 82.4 Å². The van der Waals surface area contributed by atoms with Crippen LogP contribution in [0.3, 0.4) is 0 Å². The molecule has 1 aromatic heterocycles. The van der Waals surface area contributed by atoms with Gasteiger partial charge in [0.1, 0.15) is 11.5 Å². The molecule has 224 valence electrons. The Morgan fingerprint density at radius 3 is 2.49 bits per heavy atom. The van der Waals surface area contributed by atoms with Crippen molar-refractivity contribution in [3.63, 3.8) is 0 Å². The summed E-state index contributed by atoms with van der Waals surface area (Å²) in [5, 5.41) is 12.5. The number of thiazole rings is 1. The van der Waals surface area contributed by atoms with Gasteiger partial charge in [-0.15, -0.1) is 0 Å². The number of fused-ring (bicyclic) bond motifs is 1. The summed E-state index contributed by atoms with van der Waals surface area (Å²) in [6, 6.07) is 16.4. The molecule has 4 aromatic rings. The van der Waals surface area contributed by atoms with Gasteiger partial charge in [0.05, 0.1) is 42.2 Å². The standard InChI is InChI=1S/C33H33ClN2O6S/c1-4-6-15-41-23-10-8-9-21(17-23)30(37)28-29(20-11-14-25(26(18-20)40-3)42-16-7-5-2)36(32(39)31(28)38)33-35-24-13-12-22(34)19-27(24)43-33/h8-14,17-19,29,37H,4-7,15-16H2,1-3H3. The lowest BCUT2D eigenvalue weighted by Gasteiger charge is -2.24. The van der Waals surface area contributed by atoms with Crippen LogP contribution in [0.1, 0.15) is 56.7 Å². The normalized spacial score (nSPS) is 16.2. The maximum Gasteiger partial charge on any atom is 0.301 e. The number of hydrogen-bond acceptors (Lipinski definition) is 8. The van der Waals surface area contributed by atoms with Crippen molar-refractivity contribution < 1.29 is 28.9 Å². The van der Waals surface area contributed by atoms with Gasteiger partial charge in [0.2, 0.25) is 0 Å². The number of amides is 1. The van der Waals surface area contributed by atoms with Gasteiger partial charge in [0.15, 0.2) is 16.6 Å². The van der Waals surface area contributed by atoms with Gasteiger partial charge >= 0.3 is 5.91 Å². The maximum atomic E-state index is 13.7. The van der Waals surface area contributed by atoms with Gasteiger partial charge in [-0.25, -0.2) is 4.98 Å². The van der Waals surface area contributed by atoms with E-state index in [9.17, 15) is 14.7 Å². The first kappa shape index (κ1) is 30.4. The SMILES string of the molecule is CCCCOc1cccc(C(O)=C2C(=O)C(=O)N(c3nc4ccc(Cl)cc4s3)C2c2ccc(OCCCC)c(OC)c2)c1. The minimum Gasteiger partial charge on any atom is -0.507 e. The average Bonchev–Trinajstić information content (AvgIpc) is 3.54. The van der Waals surface area contributed by atoms with Crippen molar-refractivity contribution in [2.24, 2.45) is 0 Å². The van der Waals surface area contributed by atoms with Gasteiger partial charge in [0.25, 0.3) is 5.78 Å². The van der Waals surface area contributed by atoms with Crippen molar-refractivity contribution in [2.45, 2.75) is 45.6 Å². The second kappa shape index (κ2) is 13.5. The van der Waals surface area contributed by atoms with Crippen molar-refractivity contribution in [2.75, 3.05) is 25.2 Å². The number of aromatic nitrogens is 1. The lowest BCUT2D eigenvalue weighted by atomic mass is 9.95. The minimum atomic E-state index is -0.987. The van der Waals surface area contributed by atoms with Crippen LogP contribution in [0.5, 0.6) is 17.2 Å². The molecule has 43 heavy (non-hydrogen) atoms. The largest absolute Gasteiger partial charge is 0.507 e. The van der Waals surface area contributed by atoms with E-state index in [2.05, 4.69) is 18.8 Å². The van der Waals surface area contributed by atoms with E-state index in [0.717, 1.165) is 30.4 Å². The fourth-order valence-electron chi connectivity index (χ4n) is 4.86. The van der Waals surface area contributed by atoms with Crippen LogP contribution in [-0.2, 0) is 9.59 Å². The quantitative estimate of drug-likeness (QED) is 0.0743. The molecule has 1 unspecified atom stereocenters. The van der Waals surface area contributed by atoms with Crippen molar-refractivity contribution >= 4 is 55.7 Å². The van der Waals surface area contributed by atoms with Crippen LogP contribution in [0.15, 0.2) is 66.2 Å². The number of carbonyl (C=O) groups is 2. The number of hydrogen-bond donors (Lipinski definition) is 1. The Morgan fingerprint density at radius 1 is 0.977 bits per heavy atom. The van der Waals surface area contributed by atoms with Gasteiger partial charge in [-0.2, -0.15) is 0 Å². The van der Waals surface area contributed by atoms with Crippen LogP contribution in [-0.4, -0.2) is 42.1 Å². The highest BCUT2D eigenvalue weighted by Crippen LogP contribution is 2.46. The Kier molecular flexibility index (Phi) is 9.52. The number of rotatable bonds is 12. The molecule has 0 bridgehead atoms. The van der Waals surface area contributed by atoms with Gasteiger partial charge in [-0.1, -0.05) is 67.8 Å². The average molecular weight is 621 g/mol. The maximum absolute atomic E-state index is 13.7. The number of aliphatic hydroxyl groups is 1. The van der Waals surface area contributed by atoms with Gasteiger partial charge in [0, 0.05) is 10.6 Å². The summed E-state index contributed by atoms with van der Waals surface area (Å²) in [6.07, 6.45) is 3.73. The molecule has 0 spiro atoms. The minimum absolute atomic E-state index is 0.0605. The van der Waals surface area contributed by atoms with Crippen LogP contribution < -0.4 is 19.1 Å². The first-order valence-corrected chi connectivity index (χ1v) is 15.5. The number of ether oxygens (including phenoxy) is 3. The summed E-state index contributed by atoms with van der Waals surface area (Å²) in [7, 11) is 1.53. The number of methoxy groups -OCH3 is 1. The fourth-order valence-corrected chi connectivity index (χ4v) is 6.13. The Labute approximate surface area is 259 Å². The monoisotopic (exact) mass is 620 g/mol. The molecule has 1 aliphatic rings. The predicted octanol–water partition coefficient (Wildman–Crippen LogP) is 7.94. The highest BCUT2D eigenvalue weighted by Gasteiger charge is 2.48. The van der Waals surface area contributed by atoms with Crippen molar-refractivity contribution in [1.82, 2.24) is 4.98 Å². The topological polar surface area (TPSA) is 98.2 Å². The van der Waals surface area contributed by atoms with Crippen LogP contribution in [0.4, 0.5) is 5.13 Å². The molecule has 2 heterocycles. The molecule has 3 aromatic carbocycles. The molecule has 1 aliphatic heterocycles. The van der Waals surface area contributed by atoms with E-state index >= 15 is 0 Å². The molecule has 0 aliphatic carbocycles. The molecule has 0 saturated carbocycles. The summed E-state index contributed by atoms with van der Waals surface area (Å²) in [5.41, 5.74) is 1.49. The third-order valence-corrected chi connectivity index (χ3v) is 8.38. The highest BCUT2D eigenvalue weighted by atomic mass is 35.5. The second-order valence-electron chi connectivity index (χ2n) is 10.1. The summed E-state index contributed by atoms with van der Waals surface area (Å²) >= 11 is 7.45. The molecule has 1 N–H and O–H groups in total. The molecular formula is C33H33ClN2O6S. The third kappa shape index (κ3) is 6.33. The first-order chi connectivity index (χ1) is 20.9. The number of nitrogens with zero attached hydrogens (tertiary/aromatic N) is 2. The molecule has 1 saturated heterocycles. The van der Waals surface area contributed by atoms with Crippen molar-refractivity contribution in [3.8, 4) is 17.2 Å². The number of benzene rings is 3. The smallest absolute Gasteiger partial charge is 0.301 e. The number of Topliss-reactive ketones (excluding diaryl/α,β-unsaturated/α-hetero) is 1. The molecule has 0 radical (unpaired) electrons. The summed E-state index contributed by atoms with van der Waals surface area (Å²) in [4.78, 5) is 33.4. The van der Waals surface area contributed by atoms with E-state index in [1.807, 2.05) is 0 Å². The lowest BCUT2D eigenvalue weighted by molar-refractivity contribution is -0.132. The summed E-state index contributed by atoms with van der Waals surface area (Å²) < 4.78 is 18.1. The van der Waals surface area contributed by atoms with Crippen molar-refractivity contribution in [1.29, 1.82) is 0 Å². The molecule has 1 fully saturated rings. The van der Waals surface area contributed by atoms with Gasteiger partial charge < -0.3 is 19.3 Å². The Morgan fingerprint density at radius 2 is 1.74 bits per heavy atom. The van der Waals surface area contributed by atoms with Crippen LogP contribution >= 0.6 is 22.9 Å². The van der Waals surface area contributed by atoms with Crippen LogP contribution in [0, 0.1) is 0 Å². The van der Waals surface area contributed by atoms with Crippen LogP contribution in [0.25, 0.3) is 16.0 Å². The third-order valence-electron chi connectivity index (χ3n) is 7.12. The number of carbonyl (C=O) groups excluding carboxylic acids is 2. The summed E-state index contributed by atoms with van der Waals surface area (Å²) in [6.45, 7) is 5.20. The second-order valence-corrected chi connectivity index (χ2v) is 11.6. The molecule has 8 nitrogen and oxygen atoms in total. The van der Waals surface area contributed by atoms with Gasteiger partial charge in [-0.3, -0.25) is 14.5 Å². The number of anilines is 1. The zero-order chi connectivity index (χ0) is 30.5. The van der Waals surface area contributed by atoms with E-state index in [1.165, 1.54) is 23.3 Å². The highest BCUT2D eigenvalue weighted by molar-refractivity contribution is 7.22. The zero-order valence-electron chi connectivity index (χ0n) is 24.3. The van der Waals surface area contributed by atoms with Gasteiger partial charge in [-0.05, 0) is 60.9 Å². The van der Waals surface area contributed by atoms with Crippen LogP contribution in [0.2, 0.25) is 5.02 Å². The van der Waals surface area contributed by atoms with E-state index in [1.54, 1.807) is 60.7 Å². The molecule has 5 rings (SSSR count). The summed E-state index contributed by atoms with van der Waals surface area (Å²) in [5.74, 6) is -0.377. The van der Waals surface area contributed by atoms with E-state index in [0.29, 0.717) is 57.3 Å². The Bertz CT molecular complexity index is 1680. The fraction of sp³-hybridized carbons (Fsp3) is 0.303. The lowest BCUT2D eigenvalue weighted by Crippen LogP contribution is -2.29. The number of aliphatic hydroxyl groups excluding tert-OH is 1. The van der Waals surface area contributed by atoms with E-state index in [4.69, 9.17) is 25.8 Å². The number of unbranched alkanes of at least 4 members (excludes halogenated alkanes) is 2.